The van der Waals surface area contributed by atoms with Crippen LogP contribution in [-0.2, 0) is 31.4 Å². The third-order valence-corrected chi connectivity index (χ3v) is 5.35. The number of amides is 2. The fraction of sp³-hybridized carbons (Fsp3) is 0.474. The molecule has 0 radical (unpaired) electrons. The SMILES string of the molecule is NCCc1cc(O)c(O)c(CSCC(NC(=O)CCC(N)C(=O)O)C(=O)NCC(=O)O)c1. The maximum absolute atomic E-state index is 12.3. The Kier molecular flexibility index (Phi) is 11.3. The molecular weight excluding hydrogens is 444 g/mol. The van der Waals surface area contributed by atoms with Crippen LogP contribution in [0, 0.1) is 0 Å². The molecule has 1 aromatic carbocycles. The zero-order valence-electron chi connectivity index (χ0n) is 17.2. The number of aliphatic carboxylic acids is 2. The van der Waals surface area contributed by atoms with Gasteiger partial charge in [0.2, 0.25) is 11.8 Å². The van der Waals surface area contributed by atoms with Crippen molar-refractivity contribution < 1.29 is 39.6 Å². The number of hydrogen-bond donors (Lipinski definition) is 8. The van der Waals surface area contributed by atoms with Gasteiger partial charge in [0.15, 0.2) is 11.5 Å². The first kappa shape index (κ1) is 27.0. The van der Waals surface area contributed by atoms with E-state index in [1.807, 2.05) is 0 Å². The van der Waals surface area contributed by atoms with Crippen molar-refractivity contribution in [2.75, 3.05) is 18.8 Å². The number of nitrogens with one attached hydrogen (secondary N) is 2. The van der Waals surface area contributed by atoms with Crippen molar-refractivity contribution in [3.63, 3.8) is 0 Å². The lowest BCUT2D eigenvalue weighted by Gasteiger charge is -2.18. The molecule has 0 bridgehead atoms. The van der Waals surface area contributed by atoms with Crippen LogP contribution in [0.4, 0.5) is 0 Å². The molecule has 1 aromatic rings. The van der Waals surface area contributed by atoms with Crippen LogP contribution >= 0.6 is 11.8 Å². The highest BCUT2D eigenvalue weighted by Crippen LogP contribution is 2.33. The van der Waals surface area contributed by atoms with Crippen molar-refractivity contribution in [2.45, 2.75) is 37.1 Å². The first-order valence-electron chi connectivity index (χ1n) is 9.63. The van der Waals surface area contributed by atoms with E-state index in [9.17, 15) is 29.4 Å². The van der Waals surface area contributed by atoms with E-state index in [1.54, 1.807) is 6.07 Å². The van der Waals surface area contributed by atoms with E-state index in [1.165, 1.54) is 6.07 Å². The van der Waals surface area contributed by atoms with Crippen LogP contribution in [0.2, 0.25) is 0 Å². The van der Waals surface area contributed by atoms with Gasteiger partial charge in [-0.1, -0.05) is 6.07 Å². The fourth-order valence-electron chi connectivity index (χ4n) is 2.60. The molecule has 0 fully saturated rings. The summed E-state index contributed by atoms with van der Waals surface area (Å²) in [5.41, 5.74) is 12.0. The van der Waals surface area contributed by atoms with Gasteiger partial charge >= 0.3 is 11.9 Å². The molecule has 0 aliphatic rings. The number of phenols is 2. The number of aromatic hydroxyl groups is 2. The number of carboxylic acids is 2. The lowest BCUT2D eigenvalue weighted by atomic mass is 10.1. The van der Waals surface area contributed by atoms with Crippen molar-refractivity contribution in [3.05, 3.63) is 23.3 Å². The minimum absolute atomic E-state index is 0.0174. The predicted octanol–water partition coefficient (Wildman–Crippen LogP) is -1.29. The molecule has 1 rings (SSSR count). The third kappa shape index (κ3) is 9.41. The summed E-state index contributed by atoms with van der Waals surface area (Å²) in [5, 5.41) is 42.0. The molecule has 2 atom stereocenters. The maximum Gasteiger partial charge on any atom is 0.322 e. The molecule has 32 heavy (non-hydrogen) atoms. The van der Waals surface area contributed by atoms with Crippen molar-refractivity contribution in [1.82, 2.24) is 10.6 Å². The summed E-state index contributed by atoms with van der Waals surface area (Å²) in [6.45, 7) is -0.296. The van der Waals surface area contributed by atoms with E-state index in [0.717, 1.165) is 17.3 Å². The highest BCUT2D eigenvalue weighted by Gasteiger charge is 2.23. The van der Waals surface area contributed by atoms with Gasteiger partial charge in [-0.25, -0.2) is 0 Å². The number of phenolic OH excluding ortho intramolecular Hbond substituents is 2. The number of hydrogen-bond acceptors (Lipinski definition) is 9. The predicted molar refractivity (Wildman–Crippen MR) is 116 cm³/mol. The largest absolute Gasteiger partial charge is 0.504 e. The van der Waals surface area contributed by atoms with Crippen molar-refractivity contribution in [1.29, 1.82) is 0 Å². The van der Waals surface area contributed by atoms with Gasteiger partial charge in [0.05, 0.1) is 0 Å². The summed E-state index contributed by atoms with van der Waals surface area (Å²) >= 11 is 1.15. The standard InChI is InChI=1S/C19H28N4O8S/c20-4-3-10-5-11(17(28)14(24)6-10)8-32-9-13(18(29)22-7-16(26)27)23-15(25)2-1-12(21)19(30)31/h5-6,12-13,24,28H,1-4,7-9,20-21H2,(H,22,29)(H,23,25)(H,26,27)(H,30,31). The summed E-state index contributed by atoms with van der Waals surface area (Å²) in [7, 11) is 0. The average molecular weight is 473 g/mol. The first-order chi connectivity index (χ1) is 15.0. The average Bonchev–Trinajstić information content (AvgIpc) is 2.72. The number of thioether (sulfide) groups is 1. The second kappa shape index (κ2) is 13.4. The molecule has 0 saturated carbocycles. The van der Waals surface area contributed by atoms with E-state index in [2.05, 4.69) is 10.6 Å². The van der Waals surface area contributed by atoms with Crippen LogP contribution < -0.4 is 22.1 Å². The summed E-state index contributed by atoms with van der Waals surface area (Å²) in [6, 6.07) is 0.725. The van der Waals surface area contributed by atoms with Crippen LogP contribution in [0.25, 0.3) is 0 Å². The molecule has 0 heterocycles. The van der Waals surface area contributed by atoms with Gasteiger partial charge in [-0.05, 0) is 31.0 Å². The molecule has 2 unspecified atom stereocenters. The van der Waals surface area contributed by atoms with E-state index in [4.69, 9.17) is 21.7 Å². The monoisotopic (exact) mass is 472 g/mol. The van der Waals surface area contributed by atoms with Gasteiger partial charge in [0, 0.05) is 23.5 Å². The topological polar surface area (TPSA) is 225 Å². The number of carbonyl (C=O) groups excluding carboxylic acids is 2. The minimum Gasteiger partial charge on any atom is -0.504 e. The first-order valence-corrected chi connectivity index (χ1v) is 10.8. The molecule has 0 spiro atoms. The van der Waals surface area contributed by atoms with Crippen LogP contribution in [0.15, 0.2) is 12.1 Å². The van der Waals surface area contributed by atoms with Gasteiger partial charge < -0.3 is 42.5 Å². The second-order valence-corrected chi connectivity index (χ2v) is 7.92. The minimum atomic E-state index is -1.26. The van der Waals surface area contributed by atoms with E-state index < -0.39 is 42.4 Å². The molecule has 0 aromatic heterocycles. The molecule has 0 aliphatic carbocycles. The lowest BCUT2D eigenvalue weighted by molar-refractivity contribution is -0.139. The molecule has 2 amide bonds. The van der Waals surface area contributed by atoms with Crippen molar-refractivity contribution in [3.8, 4) is 11.5 Å². The molecule has 10 N–H and O–H groups in total. The fourth-order valence-corrected chi connectivity index (χ4v) is 3.62. The summed E-state index contributed by atoms with van der Waals surface area (Å²) in [4.78, 5) is 45.9. The van der Waals surface area contributed by atoms with Crippen LogP contribution in [0.5, 0.6) is 11.5 Å². The number of benzene rings is 1. The van der Waals surface area contributed by atoms with Crippen molar-refractivity contribution in [2.24, 2.45) is 11.5 Å². The third-order valence-electron chi connectivity index (χ3n) is 4.27. The van der Waals surface area contributed by atoms with Crippen molar-refractivity contribution >= 4 is 35.5 Å². The van der Waals surface area contributed by atoms with Gasteiger partial charge in [-0.3, -0.25) is 19.2 Å². The Morgan fingerprint density at radius 2 is 1.81 bits per heavy atom. The van der Waals surface area contributed by atoms with Gasteiger partial charge in [-0.15, -0.1) is 0 Å². The maximum atomic E-state index is 12.3. The Bertz CT molecular complexity index is 836. The molecule has 12 nitrogen and oxygen atoms in total. The summed E-state index contributed by atoms with van der Waals surface area (Å²) < 4.78 is 0. The number of carbonyl (C=O) groups is 4. The molecule has 0 aliphatic heterocycles. The smallest absolute Gasteiger partial charge is 0.322 e. The quantitative estimate of drug-likeness (QED) is 0.149. The van der Waals surface area contributed by atoms with Crippen LogP contribution in [0.1, 0.15) is 24.0 Å². The Morgan fingerprint density at radius 1 is 1.12 bits per heavy atom. The Labute approximate surface area is 188 Å². The van der Waals surface area contributed by atoms with E-state index in [0.29, 0.717) is 18.5 Å². The summed E-state index contributed by atoms with van der Waals surface area (Å²) in [6.07, 6.45) is 0.107. The summed E-state index contributed by atoms with van der Waals surface area (Å²) in [5.74, 6) is -4.29. The number of carboxylic acid groups (broad SMARTS) is 2. The van der Waals surface area contributed by atoms with Gasteiger partial charge in [0.25, 0.3) is 0 Å². The molecule has 0 saturated heterocycles. The number of nitrogens with two attached hydrogens (primary N) is 2. The highest BCUT2D eigenvalue weighted by atomic mass is 32.2. The molecular formula is C19H28N4O8S. The van der Waals surface area contributed by atoms with E-state index >= 15 is 0 Å². The Balaban J connectivity index is 2.79. The van der Waals surface area contributed by atoms with Gasteiger partial charge in [0.1, 0.15) is 18.6 Å². The van der Waals surface area contributed by atoms with E-state index in [-0.39, 0.29) is 35.8 Å². The Morgan fingerprint density at radius 3 is 2.41 bits per heavy atom. The highest BCUT2D eigenvalue weighted by molar-refractivity contribution is 7.98. The Hall–Kier alpha value is -3.03. The molecule has 13 heteroatoms. The zero-order valence-corrected chi connectivity index (χ0v) is 18.1. The van der Waals surface area contributed by atoms with Crippen LogP contribution in [-0.4, -0.2) is 75.1 Å². The second-order valence-electron chi connectivity index (χ2n) is 6.89. The zero-order chi connectivity index (χ0) is 24.3. The van der Waals surface area contributed by atoms with Gasteiger partial charge in [-0.2, -0.15) is 11.8 Å². The number of rotatable bonds is 14. The molecule has 178 valence electrons. The lowest BCUT2D eigenvalue weighted by Crippen LogP contribution is -2.49. The van der Waals surface area contributed by atoms with Crippen LogP contribution in [0.3, 0.4) is 0 Å². The normalized spacial score (nSPS) is 12.6.